The Morgan fingerprint density at radius 1 is 1.27 bits per heavy atom. The number of hydrogen-bond donors (Lipinski definition) is 2. The molecule has 0 bridgehead atoms. The molecule has 4 rings (SSSR count). The van der Waals surface area contributed by atoms with Gasteiger partial charge in [0.05, 0.1) is 23.2 Å². The third-order valence-electron chi connectivity index (χ3n) is 5.72. The first-order valence-electron chi connectivity index (χ1n) is 10.4. The van der Waals surface area contributed by atoms with E-state index in [0.717, 1.165) is 31.7 Å². The highest BCUT2D eigenvalue weighted by Gasteiger charge is 2.25. The molecule has 0 radical (unpaired) electrons. The Morgan fingerprint density at radius 3 is 2.77 bits per heavy atom. The van der Waals surface area contributed by atoms with Gasteiger partial charge in [0, 0.05) is 18.7 Å². The van der Waals surface area contributed by atoms with E-state index in [1.54, 1.807) is 24.5 Å². The van der Waals surface area contributed by atoms with Crippen molar-refractivity contribution in [1.29, 1.82) is 0 Å². The van der Waals surface area contributed by atoms with Crippen LogP contribution in [0.1, 0.15) is 48.3 Å². The molecule has 158 valence electrons. The molecule has 2 N–H and O–H groups in total. The van der Waals surface area contributed by atoms with Crippen LogP contribution in [0, 0.1) is 4.77 Å². The Morgan fingerprint density at radius 2 is 2.07 bits per heavy atom. The summed E-state index contributed by atoms with van der Waals surface area (Å²) < 4.78 is 7.51. The Balaban J connectivity index is 1.54. The number of amides is 1. The second-order valence-electron chi connectivity index (χ2n) is 7.58. The predicted octanol–water partition coefficient (Wildman–Crippen LogP) is 3.63. The van der Waals surface area contributed by atoms with Crippen LogP contribution in [0.5, 0.6) is 0 Å². The Hall–Kier alpha value is -2.71. The summed E-state index contributed by atoms with van der Waals surface area (Å²) in [4.78, 5) is 30.8. The van der Waals surface area contributed by atoms with Gasteiger partial charge < -0.3 is 14.7 Å². The number of rotatable bonds is 6. The lowest BCUT2D eigenvalue weighted by Crippen LogP contribution is -2.40. The Kier molecular flexibility index (Phi) is 6.15. The first kappa shape index (κ1) is 20.6. The normalized spacial score (nSPS) is 15.9. The van der Waals surface area contributed by atoms with Crippen LogP contribution >= 0.6 is 12.2 Å². The fourth-order valence-electron chi connectivity index (χ4n) is 4.09. The van der Waals surface area contributed by atoms with Gasteiger partial charge in [0.1, 0.15) is 5.76 Å². The molecule has 1 aliphatic heterocycles. The van der Waals surface area contributed by atoms with E-state index in [2.05, 4.69) is 15.2 Å². The van der Waals surface area contributed by atoms with Crippen molar-refractivity contribution >= 4 is 29.0 Å². The van der Waals surface area contributed by atoms with Crippen LogP contribution in [0.15, 0.2) is 45.8 Å². The van der Waals surface area contributed by atoms with Gasteiger partial charge in [-0.15, -0.1) is 0 Å². The summed E-state index contributed by atoms with van der Waals surface area (Å²) in [5, 5.41) is 3.55. The quantitative estimate of drug-likeness (QED) is 0.588. The zero-order valence-corrected chi connectivity index (χ0v) is 17.8. The fourth-order valence-corrected chi connectivity index (χ4v) is 4.42. The molecule has 1 atom stereocenters. The van der Waals surface area contributed by atoms with E-state index in [9.17, 15) is 9.59 Å². The lowest BCUT2D eigenvalue weighted by Gasteiger charge is -2.33. The van der Waals surface area contributed by atoms with Crippen molar-refractivity contribution in [3.8, 4) is 0 Å². The first-order valence-corrected chi connectivity index (χ1v) is 10.8. The summed E-state index contributed by atoms with van der Waals surface area (Å²) in [5.41, 5.74) is 0.908. The van der Waals surface area contributed by atoms with Crippen LogP contribution in [-0.4, -0.2) is 40.0 Å². The third-order valence-corrected chi connectivity index (χ3v) is 6.04. The standard InChI is InChI=1S/C22H26N4O3S/c1-2-26-21(28)16-9-8-15(13-17(16)24-22(26)30)20(27)23-14-18(19-7-6-12-29-19)25-10-4-3-5-11-25/h6-9,12-13,18H,2-5,10-11,14H2,1H3,(H,23,27)(H,24,30). The van der Waals surface area contributed by atoms with E-state index < -0.39 is 0 Å². The molecular weight excluding hydrogens is 400 g/mol. The first-order chi connectivity index (χ1) is 14.6. The maximum Gasteiger partial charge on any atom is 0.262 e. The highest BCUT2D eigenvalue weighted by molar-refractivity contribution is 7.71. The van der Waals surface area contributed by atoms with Gasteiger partial charge >= 0.3 is 0 Å². The number of benzene rings is 1. The largest absolute Gasteiger partial charge is 0.468 e. The number of fused-ring (bicyclic) bond motifs is 1. The number of likely N-dealkylation sites (tertiary alicyclic amines) is 1. The van der Waals surface area contributed by atoms with E-state index in [1.165, 1.54) is 11.0 Å². The number of carbonyl (C=O) groups is 1. The molecule has 8 heteroatoms. The molecule has 2 aromatic heterocycles. The number of H-pyrrole nitrogens is 1. The van der Waals surface area contributed by atoms with E-state index in [0.29, 0.717) is 34.3 Å². The average molecular weight is 427 g/mol. The molecule has 0 saturated carbocycles. The van der Waals surface area contributed by atoms with Gasteiger partial charge in [-0.3, -0.25) is 19.1 Å². The minimum absolute atomic E-state index is 0.00673. The molecule has 1 aliphatic rings. The summed E-state index contributed by atoms with van der Waals surface area (Å²) in [7, 11) is 0. The van der Waals surface area contributed by atoms with Crippen LogP contribution < -0.4 is 10.9 Å². The maximum atomic E-state index is 12.9. The number of aromatic nitrogens is 2. The number of carbonyl (C=O) groups excluding carboxylic acids is 1. The molecule has 7 nitrogen and oxygen atoms in total. The zero-order chi connectivity index (χ0) is 21.1. The van der Waals surface area contributed by atoms with Crippen LogP contribution in [0.2, 0.25) is 0 Å². The lowest BCUT2D eigenvalue weighted by molar-refractivity contribution is 0.0914. The highest BCUT2D eigenvalue weighted by atomic mass is 32.1. The molecule has 3 heterocycles. The fraction of sp³-hybridized carbons (Fsp3) is 0.409. The molecule has 3 aromatic rings. The van der Waals surface area contributed by atoms with E-state index in [1.807, 2.05) is 19.1 Å². The summed E-state index contributed by atoms with van der Waals surface area (Å²) in [6.45, 7) is 4.82. The van der Waals surface area contributed by atoms with Crippen LogP contribution in [-0.2, 0) is 6.54 Å². The molecule has 1 amide bonds. The van der Waals surface area contributed by atoms with Crippen LogP contribution in [0.3, 0.4) is 0 Å². The van der Waals surface area contributed by atoms with Crippen molar-refractivity contribution in [2.75, 3.05) is 19.6 Å². The van der Waals surface area contributed by atoms with Crippen LogP contribution in [0.25, 0.3) is 10.9 Å². The summed E-state index contributed by atoms with van der Waals surface area (Å²) in [6.07, 6.45) is 5.23. The van der Waals surface area contributed by atoms with Gasteiger partial charge in [-0.25, -0.2) is 0 Å². The Labute approximate surface area is 179 Å². The summed E-state index contributed by atoms with van der Waals surface area (Å²) >= 11 is 5.27. The average Bonchev–Trinajstić information content (AvgIpc) is 3.29. The molecule has 1 unspecified atom stereocenters. The molecular formula is C22H26N4O3S. The van der Waals surface area contributed by atoms with Crippen molar-refractivity contribution in [1.82, 2.24) is 19.8 Å². The second-order valence-corrected chi connectivity index (χ2v) is 7.96. The van der Waals surface area contributed by atoms with Gasteiger partial charge in [0.25, 0.3) is 11.5 Å². The summed E-state index contributed by atoms with van der Waals surface area (Å²) in [6, 6.07) is 8.89. The van der Waals surface area contributed by atoms with Gasteiger partial charge in [-0.1, -0.05) is 6.42 Å². The SMILES string of the molecule is CCn1c(=S)[nH]c2cc(C(=O)NCC(c3ccco3)N3CCCCC3)ccc2c1=O. The zero-order valence-electron chi connectivity index (χ0n) is 17.0. The van der Waals surface area contributed by atoms with Crippen molar-refractivity contribution in [3.63, 3.8) is 0 Å². The predicted molar refractivity (Wildman–Crippen MR) is 118 cm³/mol. The second kappa shape index (κ2) is 8.97. The van der Waals surface area contributed by atoms with E-state index in [4.69, 9.17) is 16.6 Å². The monoisotopic (exact) mass is 426 g/mol. The molecule has 0 spiro atoms. The molecule has 30 heavy (non-hydrogen) atoms. The number of aromatic amines is 1. The van der Waals surface area contributed by atoms with Gasteiger partial charge in [0.15, 0.2) is 4.77 Å². The van der Waals surface area contributed by atoms with Crippen molar-refractivity contribution in [2.45, 2.75) is 38.8 Å². The number of furan rings is 1. The highest BCUT2D eigenvalue weighted by Crippen LogP contribution is 2.24. The number of nitrogens with zero attached hydrogens (tertiary/aromatic N) is 2. The number of nitrogens with one attached hydrogen (secondary N) is 2. The minimum atomic E-state index is -0.190. The molecule has 1 saturated heterocycles. The Bertz CT molecular complexity index is 1140. The maximum absolute atomic E-state index is 12.9. The molecule has 1 aromatic carbocycles. The van der Waals surface area contributed by atoms with Gasteiger partial charge in [0.2, 0.25) is 0 Å². The third kappa shape index (κ3) is 4.11. The minimum Gasteiger partial charge on any atom is -0.468 e. The smallest absolute Gasteiger partial charge is 0.262 e. The van der Waals surface area contributed by atoms with Crippen molar-refractivity contribution in [3.05, 3.63) is 63.0 Å². The number of hydrogen-bond acceptors (Lipinski definition) is 5. The lowest BCUT2D eigenvalue weighted by atomic mass is 10.1. The summed E-state index contributed by atoms with van der Waals surface area (Å²) in [5.74, 6) is 0.671. The van der Waals surface area contributed by atoms with Crippen molar-refractivity contribution in [2.24, 2.45) is 0 Å². The van der Waals surface area contributed by atoms with Crippen LogP contribution in [0.4, 0.5) is 0 Å². The topological polar surface area (TPSA) is 83.3 Å². The van der Waals surface area contributed by atoms with Crippen molar-refractivity contribution < 1.29 is 9.21 Å². The van der Waals surface area contributed by atoms with E-state index >= 15 is 0 Å². The molecule has 0 aliphatic carbocycles. The van der Waals surface area contributed by atoms with Gasteiger partial charge in [-0.05, 0) is 75.4 Å². The molecule has 1 fully saturated rings. The number of piperidine rings is 1. The van der Waals surface area contributed by atoms with E-state index in [-0.39, 0.29) is 17.5 Å². The van der Waals surface area contributed by atoms with Gasteiger partial charge in [-0.2, -0.15) is 0 Å².